The van der Waals surface area contributed by atoms with Crippen molar-refractivity contribution in [1.29, 1.82) is 0 Å². The van der Waals surface area contributed by atoms with Crippen LogP contribution in [0.25, 0.3) is 0 Å². The molecular weight excluding hydrogens is 344 g/mol. The Bertz CT molecular complexity index is 648. The van der Waals surface area contributed by atoms with Gasteiger partial charge in [-0.05, 0) is 19.4 Å². The molecule has 1 aromatic carbocycles. The van der Waals surface area contributed by atoms with Crippen LogP contribution in [0.1, 0.15) is 25.8 Å². The lowest BCUT2D eigenvalue weighted by molar-refractivity contribution is -0.161. The van der Waals surface area contributed by atoms with E-state index in [-0.39, 0.29) is 19.8 Å². The van der Waals surface area contributed by atoms with Crippen LogP contribution in [0, 0.1) is 0 Å². The number of nitrogens with two attached hydrogens (primary N) is 1. The summed E-state index contributed by atoms with van der Waals surface area (Å²) in [7, 11) is 0. The number of primary amides is 1. The highest BCUT2D eigenvalue weighted by Crippen LogP contribution is 2.15. The zero-order valence-electron chi connectivity index (χ0n) is 14.7. The van der Waals surface area contributed by atoms with E-state index in [4.69, 9.17) is 19.9 Å². The first-order valence-corrected chi connectivity index (χ1v) is 7.97. The summed E-state index contributed by atoms with van der Waals surface area (Å²) in [6.45, 7) is 2.88. The van der Waals surface area contributed by atoms with E-state index in [1.165, 1.54) is 6.92 Å². The molecule has 0 aliphatic carbocycles. The SMILES string of the molecule is CCOC(=O)C[C@@](NC(=O)OCc1ccccc1)(C(N)=O)C(=O)OCC. The van der Waals surface area contributed by atoms with Crippen molar-refractivity contribution in [3.8, 4) is 0 Å². The van der Waals surface area contributed by atoms with Crippen molar-refractivity contribution in [3.05, 3.63) is 35.9 Å². The second-order valence-corrected chi connectivity index (χ2v) is 5.16. The van der Waals surface area contributed by atoms with Crippen LogP contribution < -0.4 is 11.1 Å². The summed E-state index contributed by atoms with van der Waals surface area (Å²) in [4.78, 5) is 48.1. The molecule has 1 atom stereocenters. The lowest BCUT2D eigenvalue weighted by atomic mass is 9.94. The number of benzene rings is 1. The second-order valence-electron chi connectivity index (χ2n) is 5.16. The van der Waals surface area contributed by atoms with Crippen LogP contribution in [-0.2, 0) is 35.2 Å². The molecule has 0 aliphatic rings. The number of carbonyl (C=O) groups excluding carboxylic acids is 4. The summed E-state index contributed by atoms with van der Waals surface area (Å²) in [6, 6.07) is 8.74. The maximum atomic E-state index is 12.3. The van der Waals surface area contributed by atoms with Gasteiger partial charge in [0.15, 0.2) is 0 Å². The van der Waals surface area contributed by atoms with E-state index in [0.717, 1.165) is 0 Å². The molecule has 0 aliphatic heterocycles. The van der Waals surface area contributed by atoms with Crippen molar-refractivity contribution in [3.63, 3.8) is 0 Å². The van der Waals surface area contributed by atoms with Crippen LogP contribution in [0.15, 0.2) is 30.3 Å². The minimum Gasteiger partial charge on any atom is -0.466 e. The number of hydrogen-bond acceptors (Lipinski definition) is 7. The van der Waals surface area contributed by atoms with Gasteiger partial charge in [-0.15, -0.1) is 0 Å². The summed E-state index contributed by atoms with van der Waals surface area (Å²) in [5.41, 5.74) is 3.55. The first kappa shape index (κ1) is 20.9. The molecule has 142 valence electrons. The average molecular weight is 366 g/mol. The predicted octanol–water partition coefficient (Wildman–Crippen LogP) is 0.653. The molecule has 0 fully saturated rings. The maximum Gasteiger partial charge on any atom is 0.408 e. The van der Waals surface area contributed by atoms with E-state index < -0.39 is 35.9 Å². The van der Waals surface area contributed by atoms with Crippen LogP contribution in [0.5, 0.6) is 0 Å². The second kappa shape index (κ2) is 10.0. The van der Waals surface area contributed by atoms with Crippen LogP contribution >= 0.6 is 0 Å². The standard InChI is InChI=1S/C17H22N2O7/c1-3-24-13(20)10-17(14(18)21,15(22)25-4-2)19-16(23)26-11-12-8-6-5-7-9-12/h5-9H,3-4,10-11H2,1-2H3,(H2,18,21)(H,19,23)/t17-/m1/s1. The number of esters is 2. The van der Waals surface area contributed by atoms with Gasteiger partial charge < -0.3 is 19.9 Å². The molecule has 0 unspecified atom stereocenters. The van der Waals surface area contributed by atoms with E-state index in [1.54, 1.807) is 37.3 Å². The van der Waals surface area contributed by atoms with Gasteiger partial charge in [-0.25, -0.2) is 9.59 Å². The number of nitrogens with one attached hydrogen (secondary N) is 1. The van der Waals surface area contributed by atoms with E-state index in [0.29, 0.717) is 5.56 Å². The molecule has 1 rings (SSSR count). The third kappa shape index (κ3) is 5.76. The highest BCUT2D eigenvalue weighted by molar-refractivity contribution is 6.11. The molecular formula is C17H22N2O7. The van der Waals surface area contributed by atoms with Crippen LogP contribution in [0.3, 0.4) is 0 Å². The number of amides is 2. The molecule has 0 heterocycles. The number of hydrogen-bond donors (Lipinski definition) is 2. The summed E-state index contributed by atoms with van der Waals surface area (Å²) >= 11 is 0. The zero-order valence-corrected chi connectivity index (χ0v) is 14.7. The number of ether oxygens (including phenoxy) is 3. The normalized spacial score (nSPS) is 12.4. The lowest BCUT2D eigenvalue weighted by Gasteiger charge is -2.27. The summed E-state index contributed by atoms with van der Waals surface area (Å²) < 4.78 is 14.5. The Labute approximate surface area is 150 Å². The van der Waals surface area contributed by atoms with Gasteiger partial charge in [0.05, 0.1) is 19.6 Å². The first-order chi connectivity index (χ1) is 12.4. The van der Waals surface area contributed by atoms with Crippen molar-refractivity contribution in [2.45, 2.75) is 32.4 Å². The monoisotopic (exact) mass is 366 g/mol. The van der Waals surface area contributed by atoms with Crippen LogP contribution in [-0.4, -0.2) is 42.7 Å². The molecule has 9 heteroatoms. The third-order valence-corrected chi connectivity index (χ3v) is 3.29. The molecule has 0 radical (unpaired) electrons. The van der Waals surface area contributed by atoms with Gasteiger partial charge in [0, 0.05) is 0 Å². The molecule has 0 bridgehead atoms. The Morgan fingerprint density at radius 2 is 1.62 bits per heavy atom. The van der Waals surface area contributed by atoms with Crippen molar-refractivity contribution < 1.29 is 33.4 Å². The number of carbonyl (C=O) groups is 4. The highest BCUT2D eigenvalue weighted by atomic mass is 16.6. The van der Waals surface area contributed by atoms with Gasteiger partial charge >= 0.3 is 18.0 Å². The Kier molecular flexibility index (Phi) is 8.07. The smallest absolute Gasteiger partial charge is 0.408 e. The largest absolute Gasteiger partial charge is 0.466 e. The Morgan fingerprint density at radius 3 is 2.15 bits per heavy atom. The van der Waals surface area contributed by atoms with Gasteiger partial charge in [-0.3, -0.25) is 14.9 Å². The predicted molar refractivity (Wildman–Crippen MR) is 89.6 cm³/mol. The topological polar surface area (TPSA) is 134 Å². The van der Waals surface area contributed by atoms with E-state index >= 15 is 0 Å². The Morgan fingerprint density at radius 1 is 1.00 bits per heavy atom. The van der Waals surface area contributed by atoms with Crippen molar-refractivity contribution >= 4 is 23.9 Å². The van der Waals surface area contributed by atoms with Crippen molar-refractivity contribution in [2.24, 2.45) is 5.73 Å². The average Bonchev–Trinajstić information content (AvgIpc) is 2.60. The molecule has 2 amide bonds. The number of alkyl carbamates (subject to hydrolysis) is 1. The molecule has 0 saturated carbocycles. The van der Waals surface area contributed by atoms with E-state index in [2.05, 4.69) is 5.32 Å². The molecule has 26 heavy (non-hydrogen) atoms. The fourth-order valence-electron chi connectivity index (χ4n) is 2.03. The van der Waals surface area contributed by atoms with Crippen LogP contribution in [0.4, 0.5) is 4.79 Å². The number of rotatable bonds is 9. The van der Waals surface area contributed by atoms with Crippen molar-refractivity contribution in [2.75, 3.05) is 13.2 Å². The molecule has 0 spiro atoms. The highest BCUT2D eigenvalue weighted by Gasteiger charge is 2.50. The van der Waals surface area contributed by atoms with Gasteiger partial charge in [-0.2, -0.15) is 0 Å². The molecule has 3 N–H and O–H groups in total. The third-order valence-electron chi connectivity index (χ3n) is 3.29. The minimum absolute atomic E-state index is 0.0228. The molecule has 9 nitrogen and oxygen atoms in total. The summed E-state index contributed by atoms with van der Waals surface area (Å²) in [6.07, 6.45) is -1.92. The quantitative estimate of drug-likeness (QED) is 0.372. The van der Waals surface area contributed by atoms with E-state index in [1.807, 2.05) is 0 Å². The minimum atomic E-state index is -2.42. The van der Waals surface area contributed by atoms with E-state index in [9.17, 15) is 19.2 Å². The summed E-state index contributed by atoms with van der Waals surface area (Å²) in [5.74, 6) is -3.33. The molecule has 0 saturated heterocycles. The van der Waals surface area contributed by atoms with Gasteiger partial charge in [-0.1, -0.05) is 30.3 Å². The molecule has 0 aromatic heterocycles. The Balaban J connectivity index is 2.94. The maximum absolute atomic E-state index is 12.3. The lowest BCUT2D eigenvalue weighted by Crippen LogP contribution is -2.64. The molecule has 1 aromatic rings. The summed E-state index contributed by atoms with van der Waals surface area (Å²) in [5, 5.41) is 2.06. The first-order valence-electron chi connectivity index (χ1n) is 7.97. The van der Waals surface area contributed by atoms with Crippen LogP contribution in [0.2, 0.25) is 0 Å². The van der Waals surface area contributed by atoms with Gasteiger partial charge in [0.2, 0.25) is 5.54 Å². The fraction of sp³-hybridized carbons (Fsp3) is 0.412. The van der Waals surface area contributed by atoms with Crippen molar-refractivity contribution in [1.82, 2.24) is 5.32 Å². The Hall–Kier alpha value is -3.10. The fourth-order valence-corrected chi connectivity index (χ4v) is 2.03. The van der Waals surface area contributed by atoms with Gasteiger partial charge in [0.1, 0.15) is 6.61 Å². The van der Waals surface area contributed by atoms with Gasteiger partial charge in [0.25, 0.3) is 5.91 Å². The zero-order chi connectivity index (χ0) is 19.6.